The van der Waals surface area contributed by atoms with Crippen LogP contribution in [0.25, 0.3) is 0 Å². The average molecular weight is 599 g/mol. The number of amides is 3. The lowest BCUT2D eigenvalue weighted by atomic mass is 9.84. The van der Waals surface area contributed by atoms with E-state index in [9.17, 15) is 19.6 Å². The molecule has 1 aromatic carbocycles. The maximum atomic E-state index is 13.2. The summed E-state index contributed by atoms with van der Waals surface area (Å²) in [5.41, 5.74) is 0.714. The van der Waals surface area contributed by atoms with Crippen LogP contribution in [0, 0.1) is 28.6 Å². The number of rotatable bonds is 11. The minimum atomic E-state index is -0.806. The molecule has 2 fully saturated rings. The first-order chi connectivity index (χ1) is 17.6. The van der Waals surface area contributed by atoms with Gasteiger partial charge < -0.3 is 20.7 Å². The van der Waals surface area contributed by atoms with Crippen molar-refractivity contribution in [3.05, 3.63) is 34.9 Å². The van der Waals surface area contributed by atoms with Gasteiger partial charge in [0.2, 0.25) is 11.8 Å². The van der Waals surface area contributed by atoms with Gasteiger partial charge in [-0.15, -0.1) is 0 Å². The highest BCUT2D eigenvalue weighted by molar-refractivity contribution is 7.59. The van der Waals surface area contributed by atoms with Crippen LogP contribution in [0.3, 0.4) is 0 Å². The summed E-state index contributed by atoms with van der Waals surface area (Å²) in [4.78, 5) is 37.9. The molecule has 0 radical (unpaired) electrons. The molecular weight excluding hydrogens is 556 g/mol. The molecule has 1 aliphatic carbocycles. The molecule has 218 valence electrons. The number of carbonyl (C=O) groups excluding carboxylic acids is 3. The van der Waals surface area contributed by atoms with Gasteiger partial charge in [-0.2, -0.15) is 32.3 Å². The van der Waals surface area contributed by atoms with Gasteiger partial charge in [0.25, 0.3) is 0 Å². The van der Waals surface area contributed by atoms with Crippen molar-refractivity contribution in [2.24, 2.45) is 17.3 Å². The van der Waals surface area contributed by atoms with E-state index in [1.54, 1.807) is 0 Å². The molecular formula is C28H43ClN4O4S2. The van der Waals surface area contributed by atoms with E-state index in [1.165, 1.54) is 6.42 Å². The summed E-state index contributed by atoms with van der Waals surface area (Å²) in [5.74, 6) is -0.465. The van der Waals surface area contributed by atoms with Gasteiger partial charge in [0.05, 0.1) is 12.7 Å². The second kappa shape index (κ2) is 16.9. The van der Waals surface area contributed by atoms with E-state index < -0.39 is 24.1 Å². The van der Waals surface area contributed by atoms with E-state index in [4.69, 9.17) is 16.3 Å². The molecule has 8 nitrogen and oxygen atoms in total. The van der Waals surface area contributed by atoms with Crippen molar-refractivity contribution in [3.8, 4) is 6.07 Å². The van der Waals surface area contributed by atoms with Gasteiger partial charge in [-0.05, 0) is 49.3 Å². The second-order valence-electron chi connectivity index (χ2n) is 11.2. The SMILES string of the molecule is CC(C)(COC(=O)N[C@@H](CC1CCCCC1)C(=O)N[C@H](C#N)CC1CCNC1=O)Cc1cccc(Cl)c1.S.S. The molecule has 3 amide bonds. The van der Waals surface area contributed by atoms with Crippen LogP contribution < -0.4 is 16.0 Å². The molecule has 1 heterocycles. The minimum absolute atomic E-state index is 0. The van der Waals surface area contributed by atoms with Crippen LogP contribution in [0.15, 0.2) is 24.3 Å². The highest BCUT2D eigenvalue weighted by Crippen LogP contribution is 2.28. The van der Waals surface area contributed by atoms with Crippen LogP contribution in [0.2, 0.25) is 5.02 Å². The van der Waals surface area contributed by atoms with Gasteiger partial charge in [0.15, 0.2) is 0 Å². The Morgan fingerprint density at radius 3 is 2.49 bits per heavy atom. The Bertz CT molecular complexity index is 998. The zero-order valence-electron chi connectivity index (χ0n) is 22.9. The highest BCUT2D eigenvalue weighted by Gasteiger charge is 2.32. The number of nitriles is 1. The highest BCUT2D eigenvalue weighted by atomic mass is 35.5. The summed E-state index contributed by atoms with van der Waals surface area (Å²) in [6.07, 6.45) is 6.84. The molecule has 39 heavy (non-hydrogen) atoms. The van der Waals surface area contributed by atoms with Crippen molar-refractivity contribution in [3.63, 3.8) is 0 Å². The molecule has 3 N–H and O–H groups in total. The molecule has 0 bridgehead atoms. The first-order valence-corrected chi connectivity index (χ1v) is 13.7. The van der Waals surface area contributed by atoms with Crippen LogP contribution in [-0.4, -0.2) is 43.1 Å². The van der Waals surface area contributed by atoms with Crippen molar-refractivity contribution in [2.75, 3.05) is 13.2 Å². The molecule has 1 saturated carbocycles. The number of hydrogen-bond acceptors (Lipinski definition) is 5. The normalized spacial score (nSPS) is 18.8. The van der Waals surface area contributed by atoms with Gasteiger partial charge in [0, 0.05) is 22.9 Å². The lowest BCUT2D eigenvalue weighted by Crippen LogP contribution is -2.51. The monoisotopic (exact) mass is 598 g/mol. The lowest BCUT2D eigenvalue weighted by Gasteiger charge is -2.28. The van der Waals surface area contributed by atoms with E-state index in [1.807, 2.05) is 38.1 Å². The maximum absolute atomic E-state index is 13.2. The summed E-state index contributed by atoms with van der Waals surface area (Å²) in [6, 6.07) is 8.09. The van der Waals surface area contributed by atoms with Crippen LogP contribution in [0.5, 0.6) is 0 Å². The summed E-state index contributed by atoms with van der Waals surface area (Å²) in [7, 11) is 0. The lowest BCUT2D eigenvalue weighted by molar-refractivity contribution is -0.125. The number of nitrogens with zero attached hydrogens (tertiary/aromatic N) is 1. The quantitative estimate of drug-likeness (QED) is 0.340. The molecule has 0 aromatic heterocycles. The Morgan fingerprint density at radius 1 is 1.15 bits per heavy atom. The van der Waals surface area contributed by atoms with E-state index in [2.05, 4.69) is 22.0 Å². The first-order valence-electron chi connectivity index (χ1n) is 13.3. The average Bonchev–Trinajstić information content (AvgIpc) is 3.26. The number of carbonyl (C=O) groups is 3. The van der Waals surface area contributed by atoms with E-state index in [-0.39, 0.29) is 57.3 Å². The number of alkyl carbamates (subject to hydrolysis) is 1. The topological polar surface area (TPSA) is 120 Å². The third-order valence-electron chi connectivity index (χ3n) is 7.22. The van der Waals surface area contributed by atoms with Crippen molar-refractivity contribution < 1.29 is 19.1 Å². The van der Waals surface area contributed by atoms with Crippen molar-refractivity contribution in [2.45, 2.75) is 83.7 Å². The van der Waals surface area contributed by atoms with Crippen molar-refractivity contribution in [1.82, 2.24) is 16.0 Å². The van der Waals surface area contributed by atoms with Crippen LogP contribution in [0.4, 0.5) is 4.79 Å². The third kappa shape index (κ3) is 11.9. The molecule has 3 atom stereocenters. The Labute approximate surface area is 251 Å². The summed E-state index contributed by atoms with van der Waals surface area (Å²) >= 11 is 6.10. The summed E-state index contributed by atoms with van der Waals surface area (Å²) in [6.45, 7) is 4.76. The number of hydrogen-bond donors (Lipinski definition) is 3. The molecule has 3 rings (SSSR count). The minimum Gasteiger partial charge on any atom is -0.449 e. The van der Waals surface area contributed by atoms with E-state index >= 15 is 0 Å². The van der Waals surface area contributed by atoms with Gasteiger partial charge in [-0.3, -0.25) is 9.59 Å². The largest absolute Gasteiger partial charge is 0.449 e. The predicted octanol–water partition coefficient (Wildman–Crippen LogP) is 4.73. The fourth-order valence-electron chi connectivity index (χ4n) is 5.25. The molecule has 0 spiro atoms. The van der Waals surface area contributed by atoms with Gasteiger partial charge >= 0.3 is 6.09 Å². The molecule has 1 saturated heterocycles. The zero-order chi connectivity index (χ0) is 26.8. The van der Waals surface area contributed by atoms with Crippen LogP contribution in [0.1, 0.15) is 70.8 Å². The number of benzene rings is 1. The van der Waals surface area contributed by atoms with Gasteiger partial charge in [0.1, 0.15) is 12.1 Å². The fourth-order valence-corrected chi connectivity index (χ4v) is 5.47. The predicted molar refractivity (Wildman–Crippen MR) is 162 cm³/mol. The Morgan fingerprint density at radius 2 is 1.87 bits per heavy atom. The number of ether oxygens (including phenoxy) is 1. The first kappa shape index (κ1) is 34.9. The number of nitrogens with one attached hydrogen (secondary N) is 3. The van der Waals surface area contributed by atoms with Gasteiger partial charge in [-0.1, -0.05) is 69.7 Å². The smallest absolute Gasteiger partial charge is 0.407 e. The summed E-state index contributed by atoms with van der Waals surface area (Å²) in [5, 5.41) is 18.5. The van der Waals surface area contributed by atoms with Crippen LogP contribution >= 0.6 is 38.6 Å². The van der Waals surface area contributed by atoms with Crippen LogP contribution in [-0.2, 0) is 20.7 Å². The Kier molecular flexibility index (Phi) is 15.1. The Hall–Kier alpha value is -2.09. The Balaban J connectivity index is 0.00000380. The van der Waals surface area contributed by atoms with Crippen molar-refractivity contribution >= 4 is 56.5 Å². The second-order valence-corrected chi connectivity index (χ2v) is 11.6. The standard InChI is InChI=1S/C28H39ClN4O4.2H2S/c1-28(2,16-20-9-6-10-22(29)13-20)18-37-27(36)33-24(14-19-7-4-3-5-8-19)26(35)32-23(17-30)15-21-11-12-31-25(21)34;;/h6,9-10,13,19,21,23-24H,3-5,7-8,11-12,14-16,18H2,1-2H3,(H,31,34)(H,32,35)(H,33,36);2*1H2/t21?,23-,24-;;/m0../s1. The van der Waals surface area contributed by atoms with Crippen molar-refractivity contribution in [1.29, 1.82) is 5.26 Å². The zero-order valence-corrected chi connectivity index (χ0v) is 25.6. The summed E-state index contributed by atoms with van der Waals surface area (Å²) < 4.78 is 5.55. The third-order valence-corrected chi connectivity index (χ3v) is 7.46. The fraction of sp³-hybridized carbons (Fsp3) is 0.643. The number of halogens is 1. The molecule has 11 heteroatoms. The van der Waals surface area contributed by atoms with E-state index in [0.717, 1.165) is 31.2 Å². The molecule has 1 aliphatic heterocycles. The van der Waals surface area contributed by atoms with E-state index in [0.29, 0.717) is 36.7 Å². The van der Waals surface area contributed by atoms with Gasteiger partial charge in [-0.25, -0.2) is 4.79 Å². The molecule has 2 aliphatic rings. The molecule has 1 aromatic rings. The maximum Gasteiger partial charge on any atom is 0.407 e. The molecule has 1 unspecified atom stereocenters.